The molecule has 1 amide bonds. The number of nitrogens with two attached hydrogens (primary N) is 1. The molecule has 4 aromatic heterocycles. The third-order valence-corrected chi connectivity index (χ3v) is 5.20. The molecule has 0 radical (unpaired) electrons. The van der Waals surface area contributed by atoms with Gasteiger partial charge in [0.25, 0.3) is 5.91 Å². The van der Waals surface area contributed by atoms with Crippen LogP contribution in [0.25, 0.3) is 27.9 Å². The largest absolute Gasteiger partial charge is 0.376 e. The number of fused-ring (bicyclic) bond motifs is 2. The standard InChI is InChI=1S/C19H18FN7O2/c1-22-16-5-14(25-19-11(17(21)28)6-24-27(16)19)12-7-26(15-9-29-8-13(15)20)18-10(12)3-2-4-23-18/h2-7,13,15,22H,8-9H2,1H3,(H2,21,28)/t13-,15+/m0/s1. The van der Waals surface area contributed by atoms with Gasteiger partial charge >= 0.3 is 0 Å². The number of ether oxygens (including phenoxy) is 1. The molecule has 3 N–H and O–H groups in total. The third kappa shape index (κ3) is 2.64. The second-order valence-corrected chi connectivity index (χ2v) is 6.88. The zero-order valence-corrected chi connectivity index (χ0v) is 15.5. The van der Waals surface area contributed by atoms with Crippen LogP contribution in [0, 0.1) is 0 Å². The Labute approximate surface area is 164 Å². The van der Waals surface area contributed by atoms with Gasteiger partial charge in [-0.05, 0) is 12.1 Å². The molecular weight excluding hydrogens is 377 g/mol. The molecule has 10 heteroatoms. The molecule has 0 saturated carbocycles. The lowest BCUT2D eigenvalue weighted by molar-refractivity contribution is 0.100. The Morgan fingerprint density at radius 3 is 2.97 bits per heavy atom. The number of carbonyl (C=O) groups is 1. The molecule has 0 aliphatic carbocycles. The van der Waals surface area contributed by atoms with E-state index < -0.39 is 18.1 Å². The zero-order chi connectivity index (χ0) is 20.1. The molecule has 1 aliphatic heterocycles. The molecule has 0 bridgehead atoms. The Kier molecular flexibility index (Phi) is 3.95. The summed E-state index contributed by atoms with van der Waals surface area (Å²) < 4.78 is 23.0. The molecule has 0 spiro atoms. The predicted molar refractivity (Wildman–Crippen MR) is 105 cm³/mol. The Morgan fingerprint density at radius 1 is 1.38 bits per heavy atom. The number of nitrogens with zero attached hydrogens (tertiary/aromatic N) is 5. The van der Waals surface area contributed by atoms with E-state index in [9.17, 15) is 9.18 Å². The van der Waals surface area contributed by atoms with Gasteiger partial charge < -0.3 is 20.4 Å². The van der Waals surface area contributed by atoms with E-state index in [-0.39, 0.29) is 18.8 Å². The van der Waals surface area contributed by atoms with Crippen LogP contribution in [0.2, 0.25) is 0 Å². The van der Waals surface area contributed by atoms with E-state index in [1.54, 1.807) is 17.8 Å². The van der Waals surface area contributed by atoms with E-state index in [4.69, 9.17) is 10.5 Å². The predicted octanol–water partition coefficient (Wildman–Crippen LogP) is 1.80. The van der Waals surface area contributed by atoms with Crippen LogP contribution in [-0.2, 0) is 4.74 Å². The molecule has 9 nitrogen and oxygen atoms in total. The maximum atomic E-state index is 14.4. The number of anilines is 1. The number of alkyl halides is 1. The molecular formula is C19H18FN7O2. The zero-order valence-electron chi connectivity index (χ0n) is 15.5. The second kappa shape index (κ2) is 6.52. The van der Waals surface area contributed by atoms with E-state index in [0.29, 0.717) is 22.8 Å². The fraction of sp³-hybridized carbons (Fsp3) is 0.263. The fourth-order valence-electron chi connectivity index (χ4n) is 3.76. The lowest BCUT2D eigenvalue weighted by Crippen LogP contribution is -2.18. The summed E-state index contributed by atoms with van der Waals surface area (Å²) in [6.45, 7) is 0.349. The molecule has 0 aromatic carbocycles. The molecule has 1 fully saturated rings. The monoisotopic (exact) mass is 395 g/mol. The number of amides is 1. The summed E-state index contributed by atoms with van der Waals surface area (Å²) in [5.74, 6) is 0.0223. The fourth-order valence-corrected chi connectivity index (χ4v) is 3.76. The number of nitrogens with one attached hydrogen (secondary N) is 1. The quantitative estimate of drug-likeness (QED) is 0.545. The Bertz CT molecular complexity index is 1250. The van der Waals surface area contributed by atoms with Gasteiger partial charge in [0.05, 0.1) is 31.1 Å². The summed E-state index contributed by atoms with van der Waals surface area (Å²) in [5, 5.41) is 8.07. The van der Waals surface area contributed by atoms with Crippen LogP contribution in [0.4, 0.5) is 10.2 Å². The number of hydrogen-bond acceptors (Lipinski definition) is 6. The van der Waals surface area contributed by atoms with Crippen molar-refractivity contribution in [2.24, 2.45) is 5.73 Å². The molecule has 2 atom stereocenters. The maximum Gasteiger partial charge on any atom is 0.254 e. The number of hydrogen-bond donors (Lipinski definition) is 2. The minimum absolute atomic E-state index is 0.0679. The molecule has 0 unspecified atom stereocenters. The first-order chi connectivity index (χ1) is 14.1. The topological polar surface area (TPSA) is 112 Å². The van der Waals surface area contributed by atoms with Crippen molar-refractivity contribution < 1.29 is 13.9 Å². The summed E-state index contributed by atoms with van der Waals surface area (Å²) >= 11 is 0. The van der Waals surface area contributed by atoms with Gasteiger partial charge in [-0.1, -0.05) is 0 Å². The lowest BCUT2D eigenvalue weighted by atomic mass is 10.1. The van der Waals surface area contributed by atoms with Gasteiger partial charge in [0, 0.05) is 36.5 Å². The number of rotatable bonds is 4. The highest BCUT2D eigenvalue weighted by molar-refractivity contribution is 6.00. The van der Waals surface area contributed by atoms with Crippen molar-refractivity contribution in [3.63, 3.8) is 0 Å². The Morgan fingerprint density at radius 2 is 2.24 bits per heavy atom. The van der Waals surface area contributed by atoms with Crippen LogP contribution < -0.4 is 11.1 Å². The third-order valence-electron chi connectivity index (χ3n) is 5.20. The minimum Gasteiger partial charge on any atom is -0.376 e. The van der Waals surface area contributed by atoms with Gasteiger partial charge in [-0.3, -0.25) is 4.79 Å². The van der Waals surface area contributed by atoms with Gasteiger partial charge in [0.2, 0.25) is 0 Å². The number of primary amides is 1. The second-order valence-electron chi connectivity index (χ2n) is 6.88. The highest BCUT2D eigenvalue weighted by atomic mass is 19.1. The van der Waals surface area contributed by atoms with Crippen molar-refractivity contribution in [3.05, 3.63) is 42.4 Å². The van der Waals surface area contributed by atoms with Crippen molar-refractivity contribution in [2.45, 2.75) is 12.2 Å². The van der Waals surface area contributed by atoms with Crippen molar-refractivity contribution >= 4 is 28.4 Å². The SMILES string of the molecule is CNc1cc(-c2cn([C@@H]3COC[C@@H]3F)c3ncccc23)nc2c(C(N)=O)cnn12. The highest BCUT2D eigenvalue weighted by Gasteiger charge is 2.31. The van der Waals surface area contributed by atoms with E-state index in [2.05, 4.69) is 20.4 Å². The summed E-state index contributed by atoms with van der Waals surface area (Å²) in [6, 6.07) is 5.09. The Hall–Kier alpha value is -3.53. The first-order valence-electron chi connectivity index (χ1n) is 9.12. The lowest BCUT2D eigenvalue weighted by Gasteiger charge is -2.13. The number of carbonyl (C=O) groups excluding carboxylic acids is 1. The molecule has 1 aliphatic rings. The van der Waals surface area contributed by atoms with E-state index in [1.165, 1.54) is 10.7 Å². The van der Waals surface area contributed by atoms with Crippen molar-refractivity contribution in [2.75, 3.05) is 25.6 Å². The number of pyridine rings is 1. The van der Waals surface area contributed by atoms with Gasteiger partial charge in [-0.2, -0.15) is 9.61 Å². The minimum atomic E-state index is -1.11. The van der Waals surface area contributed by atoms with Gasteiger partial charge in [-0.15, -0.1) is 0 Å². The van der Waals surface area contributed by atoms with Gasteiger partial charge in [0.15, 0.2) is 5.65 Å². The van der Waals surface area contributed by atoms with Crippen LogP contribution in [0.5, 0.6) is 0 Å². The highest BCUT2D eigenvalue weighted by Crippen LogP contribution is 2.35. The normalized spacial score (nSPS) is 19.2. The van der Waals surface area contributed by atoms with Crippen LogP contribution in [-0.4, -0.2) is 56.5 Å². The van der Waals surface area contributed by atoms with Crippen LogP contribution in [0.15, 0.2) is 36.8 Å². The average Bonchev–Trinajstić information content (AvgIpc) is 3.43. The van der Waals surface area contributed by atoms with Gasteiger partial charge in [0.1, 0.15) is 23.2 Å². The summed E-state index contributed by atoms with van der Waals surface area (Å²) in [5.41, 5.74) is 8.05. The van der Waals surface area contributed by atoms with Crippen LogP contribution >= 0.6 is 0 Å². The molecule has 29 heavy (non-hydrogen) atoms. The molecule has 4 aromatic rings. The van der Waals surface area contributed by atoms with E-state index in [0.717, 1.165) is 10.9 Å². The summed E-state index contributed by atoms with van der Waals surface area (Å²) in [7, 11) is 1.75. The summed E-state index contributed by atoms with van der Waals surface area (Å²) in [6.07, 6.45) is 3.79. The first-order valence-corrected chi connectivity index (χ1v) is 9.12. The maximum absolute atomic E-state index is 14.4. The van der Waals surface area contributed by atoms with Crippen LogP contribution in [0.3, 0.4) is 0 Å². The first kappa shape index (κ1) is 17.6. The van der Waals surface area contributed by atoms with Crippen molar-refractivity contribution in [3.8, 4) is 11.3 Å². The average molecular weight is 395 g/mol. The van der Waals surface area contributed by atoms with E-state index in [1.807, 2.05) is 24.4 Å². The Balaban J connectivity index is 1.77. The van der Waals surface area contributed by atoms with Crippen molar-refractivity contribution in [1.82, 2.24) is 24.1 Å². The molecule has 1 saturated heterocycles. The molecule has 148 valence electrons. The number of halogens is 1. The number of aromatic nitrogens is 5. The molecule has 5 rings (SSSR count). The van der Waals surface area contributed by atoms with Crippen LogP contribution in [0.1, 0.15) is 16.4 Å². The summed E-state index contributed by atoms with van der Waals surface area (Å²) in [4.78, 5) is 20.9. The van der Waals surface area contributed by atoms with Gasteiger partial charge in [-0.25, -0.2) is 14.4 Å². The smallest absolute Gasteiger partial charge is 0.254 e. The molecule has 5 heterocycles. The van der Waals surface area contributed by atoms with Crippen molar-refractivity contribution in [1.29, 1.82) is 0 Å². The van der Waals surface area contributed by atoms with E-state index >= 15 is 0 Å².